The van der Waals surface area contributed by atoms with Gasteiger partial charge < -0.3 is 10.5 Å². The minimum absolute atomic E-state index is 0.0394. The molecule has 1 rings (SSSR count). The molecule has 1 aliphatic heterocycles. The number of nitrogens with zero attached hydrogens (tertiary/aromatic N) is 1. The maximum Gasteiger partial charge on any atom is 0.320 e. The fraction of sp³-hybridized carbons (Fsp3) is 0.667. The van der Waals surface area contributed by atoms with E-state index in [2.05, 4.69) is 22.7 Å². The van der Waals surface area contributed by atoms with Gasteiger partial charge in [0.25, 0.3) is 0 Å². The van der Waals surface area contributed by atoms with Crippen LogP contribution in [-0.2, 0) is 14.3 Å². The maximum atomic E-state index is 12.1. The van der Waals surface area contributed by atoms with Gasteiger partial charge in [-0.05, 0) is 26.1 Å². The molecule has 6 nitrogen and oxygen atoms in total. The Morgan fingerprint density at radius 2 is 2.32 bits per heavy atom. The molecule has 1 saturated heterocycles. The number of cyclic esters (lactones) is 1. The molecular formula is C12H19N3O3S. The van der Waals surface area contributed by atoms with Gasteiger partial charge in [0.2, 0.25) is 0 Å². The number of rotatable bonds is 5. The largest absolute Gasteiger partial charge is 0.462 e. The van der Waals surface area contributed by atoms with Crippen molar-refractivity contribution in [1.82, 2.24) is 5.43 Å². The lowest BCUT2D eigenvalue weighted by Gasteiger charge is -2.22. The second-order valence-electron chi connectivity index (χ2n) is 4.78. The van der Waals surface area contributed by atoms with Crippen LogP contribution in [0.25, 0.3) is 0 Å². The van der Waals surface area contributed by atoms with E-state index in [4.69, 9.17) is 10.5 Å². The zero-order chi connectivity index (χ0) is 14.6. The number of carbonyl (C=O) groups is 2. The molecule has 0 unspecified atom stereocenters. The number of nitrogens with one attached hydrogen (secondary N) is 1. The van der Waals surface area contributed by atoms with Gasteiger partial charge in [-0.2, -0.15) is 5.10 Å². The molecule has 0 spiro atoms. The van der Waals surface area contributed by atoms with E-state index in [9.17, 15) is 9.59 Å². The quantitative estimate of drug-likeness (QED) is 0.256. The van der Waals surface area contributed by atoms with Crippen molar-refractivity contribution in [2.75, 3.05) is 0 Å². The predicted molar refractivity (Wildman–Crippen MR) is 75.5 cm³/mol. The molecule has 0 amide bonds. The van der Waals surface area contributed by atoms with Gasteiger partial charge in [-0.25, -0.2) is 0 Å². The topological polar surface area (TPSA) is 93.8 Å². The van der Waals surface area contributed by atoms with Crippen molar-refractivity contribution in [3.8, 4) is 0 Å². The average Bonchev–Trinajstić information content (AvgIpc) is 2.61. The fourth-order valence-electron chi connectivity index (χ4n) is 2.35. The number of ketones is 1. The summed E-state index contributed by atoms with van der Waals surface area (Å²) in [7, 11) is 0. The van der Waals surface area contributed by atoms with Gasteiger partial charge in [-0.3, -0.25) is 15.0 Å². The van der Waals surface area contributed by atoms with Gasteiger partial charge in [-0.15, -0.1) is 0 Å². The zero-order valence-corrected chi connectivity index (χ0v) is 12.2. The average molecular weight is 285 g/mol. The Bertz CT molecular complexity index is 426. The van der Waals surface area contributed by atoms with Crippen molar-refractivity contribution >= 4 is 34.8 Å². The summed E-state index contributed by atoms with van der Waals surface area (Å²) in [6.45, 7) is 5.23. The van der Waals surface area contributed by atoms with Gasteiger partial charge in [0, 0.05) is 25.0 Å². The van der Waals surface area contributed by atoms with Gasteiger partial charge in [0.1, 0.15) is 17.3 Å². The fourth-order valence-corrected chi connectivity index (χ4v) is 2.39. The molecule has 0 aliphatic carbocycles. The first kappa shape index (κ1) is 15.6. The van der Waals surface area contributed by atoms with Crippen LogP contribution in [0.15, 0.2) is 5.10 Å². The molecule has 3 N–H and O–H groups in total. The maximum absolute atomic E-state index is 12.1. The third-order valence-electron chi connectivity index (χ3n) is 3.10. The van der Waals surface area contributed by atoms with Crippen LogP contribution in [0.5, 0.6) is 0 Å². The highest BCUT2D eigenvalue weighted by Gasteiger charge is 2.52. The van der Waals surface area contributed by atoms with E-state index in [1.54, 1.807) is 20.8 Å². The SMILES string of the molecule is CCC(=O)[C@@]1(C/C(C)=N\NC(N)=S)C[C@@H](C)OC1=O. The second kappa shape index (κ2) is 6.10. The normalized spacial score (nSPS) is 27.0. The predicted octanol–water partition coefficient (Wildman–Crippen LogP) is 0.887. The summed E-state index contributed by atoms with van der Waals surface area (Å²) in [4.78, 5) is 24.2. The number of hydrogen-bond donors (Lipinski definition) is 2. The Morgan fingerprint density at radius 1 is 1.68 bits per heavy atom. The molecule has 0 saturated carbocycles. The molecule has 7 heteroatoms. The molecule has 0 aromatic heterocycles. The second-order valence-corrected chi connectivity index (χ2v) is 5.22. The summed E-state index contributed by atoms with van der Waals surface area (Å²) in [6.07, 6.45) is 0.647. The van der Waals surface area contributed by atoms with E-state index in [-0.39, 0.29) is 29.8 Å². The molecule has 19 heavy (non-hydrogen) atoms. The van der Waals surface area contributed by atoms with Crippen LogP contribution >= 0.6 is 12.2 Å². The molecular weight excluding hydrogens is 266 g/mol. The van der Waals surface area contributed by atoms with Crippen molar-refractivity contribution < 1.29 is 14.3 Å². The van der Waals surface area contributed by atoms with Crippen molar-refractivity contribution in [1.29, 1.82) is 0 Å². The lowest BCUT2D eigenvalue weighted by molar-refractivity contribution is -0.152. The zero-order valence-electron chi connectivity index (χ0n) is 11.4. The number of Topliss-reactive ketones (excluding diaryl/α,β-unsaturated/α-hetero) is 1. The first-order chi connectivity index (χ1) is 8.81. The number of hydrogen-bond acceptors (Lipinski definition) is 5. The van der Waals surface area contributed by atoms with E-state index in [0.717, 1.165) is 0 Å². The summed E-state index contributed by atoms with van der Waals surface area (Å²) in [6, 6.07) is 0. The number of thiocarbonyl (C=S) groups is 1. The highest BCUT2D eigenvalue weighted by Crippen LogP contribution is 2.39. The number of esters is 1. The number of ether oxygens (including phenoxy) is 1. The van der Waals surface area contributed by atoms with E-state index in [0.29, 0.717) is 12.1 Å². The first-order valence-corrected chi connectivity index (χ1v) is 6.55. The Balaban J connectivity index is 2.94. The van der Waals surface area contributed by atoms with Crippen molar-refractivity contribution in [2.24, 2.45) is 16.3 Å². The summed E-state index contributed by atoms with van der Waals surface area (Å²) in [5, 5.41) is 3.99. The smallest absolute Gasteiger partial charge is 0.320 e. The molecule has 0 aromatic carbocycles. The van der Waals surface area contributed by atoms with E-state index in [1.807, 2.05) is 0 Å². The standard InChI is InChI=1S/C12H19N3O3S/c1-4-9(16)12(6-8(3)18-10(12)17)5-7(2)14-15-11(13)19/h8H,4-6H2,1-3H3,(H3,13,15,19)/b14-7-/t8-,12-/m1/s1. The van der Waals surface area contributed by atoms with E-state index < -0.39 is 11.4 Å². The monoisotopic (exact) mass is 285 g/mol. The molecule has 0 bridgehead atoms. The third-order valence-corrected chi connectivity index (χ3v) is 3.20. The Kier molecular flexibility index (Phi) is 4.99. The number of carbonyl (C=O) groups excluding carboxylic acids is 2. The van der Waals surface area contributed by atoms with Crippen LogP contribution in [-0.4, -0.2) is 28.7 Å². The van der Waals surface area contributed by atoms with Crippen LogP contribution in [0.3, 0.4) is 0 Å². The summed E-state index contributed by atoms with van der Waals surface area (Å²) in [5.74, 6) is -0.580. The minimum atomic E-state index is -1.11. The van der Waals surface area contributed by atoms with Crippen LogP contribution in [0, 0.1) is 5.41 Å². The van der Waals surface area contributed by atoms with Gasteiger partial charge in [0.15, 0.2) is 5.11 Å². The van der Waals surface area contributed by atoms with Crippen LogP contribution in [0.2, 0.25) is 0 Å². The van der Waals surface area contributed by atoms with Crippen LogP contribution < -0.4 is 11.2 Å². The van der Waals surface area contributed by atoms with Crippen molar-refractivity contribution in [3.63, 3.8) is 0 Å². The number of nitrogens with two attached hydrogens (primary N) is 1. The highest BCUT2D eigenvalue weighted by molar-refractivity contribution is 7.80. The molecule has 0 radical (unpaired) electrons. The van der Waals surface area contributed by atoms with E-state index >= 15 is 0 Å². The first-order valence-electron chi connectivity index (χ1n) is 6.15. The number of hydrazone groups is 1. The molecule has 0 aromatic rings. The molecule has 106 valence electrons. The van der Waals surface area contributed by atoms with Crippen LogP contribution in [0.4, 0.5) is 0 Å². The van der Waals surface area contributed by atoms with E-state index in [1.165, 1.54) is 0 Å². The van der Waals surface area contributed by atoms with Gasteiger partial charge in [0.05, 0.1) is 0 Å². The summed E-state index contributed by atoms with van der Waals surface area (Å²) < 4.78 is 5.14. The Labute approximate surface area is 117 Å². The van der Waals surface area contributed by atoms with Gasteiger partial charge in [-0.1, -0.05) is 6.92 Å². The lowest BCUT2D eigenvalue weighted by Crippen LogP contribution is -2.38. The molecule has 1 aliphatic rings. The molecule has 2 atom stereocenters. The summed E-state index contributed by atoms with van der Waals surface area (Å²) >= 11 is 4.64. The highest BCUT2D eigenvalue weighted by atomic mass is 32.1. The van der Waals surface area contributed by atoms with Crippen molar-refractivity contribution in [3.05, 3.63) is 0 Å². The molecule has 1 fully saturated rings. The Morgan fingerprint density at radius 3 is 2.74 bits per heavy atom. The van der Waals surface area contributed by atoms with Gasteiger partial charge >= 0.3 is 5.97 Å². The summed E-state index contributed by atoms with van der Waals surface area (Å²) in [5.41, 5.74) is 7.20. The minimum Gasteiger partial charge on any atom is -0.462 e. The Hall–Kier alpha value is -1.50. The van der Waals surface area contributed by atoms with Crippen molar-refractivity contribution in [2.45, 2.75) is 46.1 Å². The third kappa shape index (κ3) is 3.50. The lowest BCUT2D eigenvalue weighted by atomic mass is 9.75. The van der Waals surface area contributed by atoms with Crippen LogP contribution in [0.1, 0.15) is 40.0 Å². The molecule has 1 heterocycles.